The number of hydrogen-bond acceptors (Lipinski definition) is 2. The van der Waals surface area contributed by atoms with Crippen molar-refractivity contribution in [2.75, 3.05) is 12.5 Å². The van der Waals surface area contributed by atoms with E-state index in [1.165, 1.54) is 0 Å². The number of halogens is 1. The molecular formula is C12H15ClO2. The maximum absolute atomic E-state index is 11.7. The van der Waals surface area contributed by atoms with Crippen LogP contribution in [-0.4, -0.2) is 18.5 Å². The Bertz CT molecular complexity index is 349. The summed E-state index contributed by atoms with van der Waals surface area (Å²) in [6, 6.07) is 3.95. The molecule has 0 atom stereocenters. The molecule has 1 aromatic carbocycles. The molecule has 1 aromatic rings. The van der Waals surface area contributed by atoms with Crippen LogP contribution in [0.2, 0.25) is 0 Å². The van der Waals surface area contributed by atoms with E-state index in [4.69, 9.17) is 16.3 Å². The van der Waals surface area contributed by atoms with Crippen LogP contribution >= 0.6 is 11.6 Å². The molecule has 3 heteroatoms. The van der Waals surface area contributed by atoms with Crippen LogP contribution in [0, 0.1) is 20.8 Å². The van der Waals surface area contributed by atoms with Crippen molar-refractivity contribution in [2.45, 2.75) is 20.8 Å². The number of aryl methyl sites for hydroxylation is 3. The lowest BCUT2D eigenvalue weighted by atomic mass is 10.00. The molecule has 0 aliphatic heterocycles. The topological polar surface area (TPSA) is 26.3 Å². The highest BCUT2D eigenvalue weighted by Crippen LogP contribution is 2.17. The molecule has 0 aromatic heterocycles. The monoisotopic (exact) mass is 226 g/mol. The maximum Gasteiger partial charge on any atom is 0.338 e. The number of ether oxygens (including phenoxy) is 1. The van der Waals surface area contributed by atoms with Gasteiger partial charge in [0.1, 0.15) is 6.61 Å². The summed E-state index contributed by atoms with van der Waals surface area (Å²) in [6.07, 6.45) is 0. The molecule has 0 unspecified atom stereocenters. The quantitative estimate of drug-likeness (QED) is 0.585. The minimum absolute atomic E-state index is 0.257. The van der Waals surface area contributed by atoms with Gasteiger partial charge in [-0.25, -0.2) is 4.79 Å². The standard InChI is InChI=1S/C12H15ClO2/c1-8-6-9(2)11(10(3)7-8)12(14)15-5-4-13/h6-7H,4-5H2,1-3H3. The molecule has 0 spiro atoms. The van der Waals surface area contributed by atoms with Crippen molar-refractivity contribution < 1.29 is 9.53 Å². The van der Waals surface area contributed by atoms with Crippen molar-refractivity contribution in [3.63, 3.8) is 0 Å². The number of carbonyl (C=O) groups excluding carboxylic acids is 1. The summed E-state index contributed by atoms with van der Waals surface area (Å²) in [5.74, 6) is 0.0426. The number of benzene rings is 1. The van der Waals surface area contributed by atoms with Crippen molar-refractivity contribution in [1.29, 1.82) is 0 Å². The van der Waals surface area contributed by atoms with Gasteiger partial charge in [0.05, 0.1) is 11.4 Å². The third-order valence-corrected chi connectivity index (χ3v) is 2.35. The van der Waals surface area contributed by atoms with Gasteiger partial charge >= 0.3 is 5.97 Å². The number of rotatable bonds is 3. The molecule has 0 aliphatic rings. The molecule has 1 rings (SSSR count). The molecule has 0 N–H and O–H groups in total. The normalized spacial score (nSPS) is 10.1. The van der Waals surface area contributed by atoms with Gasteiger partial charge in [0.15, 0.2) is 0 Å². The van der Waals surface area contributed by atoms with Crippen LogP contribution in [-0.2, 0) is 4.74 Å². The Balaban J connectivity index is 2.98. The molecule has 15 heavy (non-hydrogen) atoms. The van der Waals surface area contributed by atoms with Crippen LogP contribution in [0.3, 0.4) is 0 Å². The highest BCUT2D eigenvalue weighted by Gasteiger charge is 2.13. The van der Waals surface area contributed by atoms with E-state index >= 15 is 0 Å². The predicted molar refractivity (Wildman–Crippen MR) is 61.7 cm³/mol. The SMILES string of the molecule is Cc1cc(C)c(C(=O)OCCCl)c(C)c1. The van der Waals surface area contributed by atoms with Crippen LogP contribution in [0.1, 0.15) is 27.0 Å². The Morgan fingerprint density at radius 2 is 1.80 bits per heavy atom. The van der Waals surface area contributed by atoms with E-state index < -0.39 is 0 Å². The molecule has 0 saturated heterocycles. The first kappa shape index (κ1) is 12.1. The third kappa shape index (κ3) is 2.96. The zero-order chi connectivity index (χ0) is 11.4. The lowest BCUT2D eigenvalue weighted by molar-refractivity contribution is 0.0527. The largest absolute Gasteiger partial charge is 0.461 e. The Hall–Kier alpha value is -1.02. The molecule has 2 nitrogen and oxygen atoms in total. The second-order valence-electron chi connectivity index (χ2n) is 3.60. The molecule has 0 saturated carbocycles. The summed E-state index contributed by atoms with van der Waals surface area (Å²) in [7, 11) is 0. The third-order valence-electron chi connectivity index (χ3n) is 2.19. The molecule has 0 bridgehead atoms. The number of carbonyl (C=O) groups is 1. The van der Waals surface area contributed by atoms with E-state index in [2.05, 4.69) is 0 Å². The maximum atomic E-state index is 11.7. The molecule has 0 aliphatic carbocycles. The minimum Gasteiger partial charge on any atom is -0.461 e. The van der Waals surface area contributed by atoms with Gasteiger partial charge in [-0.2, -0.15) is 0 Å². The first-order valence-electron chi connectivity index (χ1n) is 4.87. The molecule has 0 heterocycles. The number of esters is 1. The Morgan fingerprint density at radius 3 is 2.27 bits per heavy atom. The van der Waals surface area contributed by atoms with Crippen LogP contribution in [0.5, 0.6) is 0 Å². The van der Waals surface area contributed by atoms with Crippen molar-refractivity contribution in [2.24, 2.45) is 0 Å². The first-order valence-corrected chi connectivity index (χ1v) is 5.40. The van der Waals surface area contributed by atoms with E-state index in [1.807, 2.05) is 32.9 Å². The number of hydrogen-bond donors (Lipinski definition) is 0. The molecule has 0 radical (unpaired) electrons. The van der Waals surface area contributed by atoms with Gasteiger partial charge in [-0.3, -0.25) is 0 Å². The Kier molecular flexibility index (Phi) is 4.15. The zero-order valence-corrected chi connectivity index (χ0v) is 10.0. The second kappa shape index (κ2) is 5.17. The highest BCUT2D eigenvalue weighted by atomic mass is 35.5. The van der Waals surface area contributed by atoms with Gasteiger partial charge in [0, 0.05) is 0 Å². The second-order valence-corrected chi connectivity index (χ2v) is 3.98. The van der Waals surface area contributed by atoms with Crippen LogP contribution in [0.4, 0.5) is 0 Å². The van der Waals surface area contributed by atoms with Crippen LogP contribution in [0.15, 0.2) is 12.1 Å². The summed E-state index contributed by atoms with van der Waals surface area (Å²) in [4.78, 5) is 11.7. The van der Waals surface area contributed by atoms with E-state index in [0.717, 1.165) is 16.7 Å². The highest BCUT2D eigenvalue weighted by molar-refractivity contribution is 6.18. The van der Waals surface area contributed by atoms with Crippen molar-refractivity contribution in [3.8, 4) is 0 Å². The summed E-state index contributed by atoms with van der Waals surface area (Å²) in [6.45, 7) is 6.09. The minimum atomic E-state index is -0.286. The lowest BCUT2D eigenvalue weighted by Gasteiger charge is -2.10. The number of alkyl halides is 1. The lowest BCUT2D eigenvalue weighted by Crippen LogP contribution is -2.11. The fraction of sp³-hybridized carbons (Fsp3) is 0.417. The van der Waals surface area contributed by atoms with Crippen LogP contribution in [0.25, 0.3) is 0 Å². The summed E-state index contributed by atoms with van der Waals surface area (Å²) in [5, 5.41) is 0. The van der Waals surface area contributed by atoms with E-state index in [9.17, 15) is 4.79 Å². The van der Waals surface area contributed by atoms with Crippen LogP contribution < -0.4 is 0 Å². The van der Waals surface area contributed by atoms with E-state index in [1.54, 1.807) is 0 Å². The molecular weight excluding hydrogens is 212 g/mol. The molecule has 0 amide bonds. The van der Waals surface area contributed by atoms with Gasteiger partial charge in [-0.1, -0.05) is 17.7 Å². The van der Waals surface area contributed by atoms with Gasteiger partial charge in [-0.15, -0.1) is 11.6 Å². The Labute approximate surface area is 95.2 Å². The van der Waals surface area contributed by atoms with Gasteiger partial charge in [-0.05, 0) is 31.9 Å². The van der Waals surface area contributed by atoms with Gasteiger partial charge in [0.2, 0.25) is 0 Å². The average molecular weight is 227 g/mol. The molecule has 82 valence electrons. The zero-order valence-electron chi connectivity index (χ0n) is 9.26. The van der Waals surface area contributed by atoms with Crippen molar-refractivity contribution >= 4 is 17.6 Å². The Morgan fingerprint density at radius 1 is 1.27 bits per heavy atom. The summed E-state index contributed by atoms with van der Waals surface area (Å²) >= 11 is 5.46. The average Bonchev–Trinajstić information content (AvgIpc) is 2.12. The van der Waals surface area contributed by atoms with E-state index in [-0.39, 0.29) is 12.6 Å². The van der Waals surface area contributed by atoms with Crippen molar-refractivity contribution in [3.05, 3.63) is 34.4 Å². The fourth-order valence-electron chi connectivity index (χ4n) is 1.71. The smallest absolute Gasteiger partial charge is 0.338 e. The first-order chi connectivity index (χ1) is 7.06. The van der Waals surface area contributed by atoms with Crippen molar-refractivity contribution in [1.82, 2.24) is 0 Å². The fourth-order valence-corrected chi connectivity index (χ4v) is 1.78. The summed E-state index contributed by atoms with van der Waals surface area (Å²) in [5.41, 5.74) is 3.71. The van der Waals surface area contributed by atoms with Gasteiger partial charge in [0.25, 0.3) is 0 Å². The summed E-state index contributed by atoms with van der Waals surface area (Å²) < 4.78 is 5.01. The van der Waals surface area contributed by atoms with Gasteiger partial charge < -0.3 is 4.74 Å². The molecule has 0 fully saturated rings. The predicted octanol–water partition coefficient (Wildman–Crippen LogP) is 3.01. The van der Waals surface area contributed by atoms with E-state index in [0.29, 0.717) is 11.4 Å².